The molecule has 1 fully saturated rings. The maximum atomic E-state index is 12.2. The lowest BCUT2D eigenvalue weighted by atomic mass is 10.2. The second-order valence-corrected chi connectivity index (χ2v) is 6.80. The van der Waals surface area contributed by atoms with Crippen molar-refractivity contribution < 1.29 is 13.9 Å². The summed E-state index contributed by atoms with van der Waals surface area (Å²) in [4.78, 5) is 12.2. The minimum absolute atomic E-state index is 0.0583. The van der Waals surface area contributed by atoms with Gasteiger partial charge in [0.2, 0.25) is 11.8 Å². The smallest absolute Gasteiger partial charge is 0.277 e. The highest BCUT2D eigenvalue weighted by Crippen LogP contribution is 2.40. The van der Waals surface area contributed by atoms with E-state index in [1.54, 1.807) is 7.11 Å². The Hall–Kier alpha value is -2.02. The highest BCUT2D eigenvalue weighted by Gasteiger charge is 2.30. The van der Waals surface area contributed by atoms with Crippen molar-refractivity contribution in [1.29, 1.82) is 0 Å². The van der Waals surface area contributed by atoms with Crippen molar-refractivity contribution in [3.05, 3.63) is 35.7 Å². The van der Waals surface area contributed by atoms with Gasteiger partial charge in [-0.1, -0.05) is 23.9 Å². The fourth-order valence-electron chi connectivity index (χ4n) is 2.04. The number of hydrogen-bond donors (Lipinski definition) is 1. The van der Waals surface area contributed by atoms with Gasteiger partial charge in [0, 0.05) is 12.5 Å². The van der Waals surface area contributed by atoms with E-state index in [1.165, 1.54) is 11.8 Å². The van der Waals surface area contributed by atoms with Gasteiger partial charge in [-0.2, -0.15) is 0 Å². The lowest BCUT2D eigenvalue weighted by Crippen LogP contribution is -2.30. The Kier molecular flexibility index (Phi) is 4.85. The molecule has 23 heavy (non-hydrogen) atoms. The van der Waals surface area contributed by atoms with Crippen molar-refractivity contribution in [2.45, 2.75) is 42.7 Å². The first-order valence-electron chi connectivity index (χ1n) is 7.56. The SMILES string of the molecule is COc1ccc(CNC(=O)C(C)Sc2nnc(C3CC3)o2)cc1. The van der Waals surface area contributed by atoms with Crippen molar-refractivity contribution in [3.63, 3.8) is 0 Å². The molecule has 1 N–H and O–H groups in total. The van der Waals surface area contributed by atoms with E-state index in [0.717, 1.165) is 24.2 Å². The lowest BCUT2D eigenvalue weighted by Gasteiger charge is -2.10. The molecule has 6 nitrogen and oxygen atoms in total. The van der Waals surface area contributed by atoms with Crippen LogP contribution in [0.15, 0.2) is 33.9 Å². The third kappa shape index (κ3) is 4.25. The standard InChI is InChI=1S/C16H19N3O3S/c1-10(23-16-19-18-15(22-16)12-5-6-12)14(20)17-9-11-3-7-13(21-2)8-4-11/h3-4,7-8,10,12H,5-6,9H2,1-2H3,(H,17,20). The first-order valence-corrected chi connectivity index (χ1v) is 8.44. The number of rotatable bonds is 7. The zero-order valence-electron chi connectivity index (χ0n) is 13.1. The van der Waals surface area contributed by atoms with Gasteiger partial charge in [-0.25, -0.2) is 0 Å². The van der Waals surface area contributed by atoms with Crippen LogP contribution in [-0.4, -0.2) is 28.5 Å². The molecule has 1 aliphatic rings. The molecule has 0 radical (unpaired) electrons. The molecule has 1 atom stereocenters. The molecule has 1 aromatic heterocycles. The maximum absolute atomic E-state index is 12.2. The Morgan fingerprint density at radius 1 is 1.39 bits per heavy atom. The highest BCUT2D eigenvalue weighted by atomic mass is 32.2. The zero-order chi connectivity index (χ0) is 16.2. The number of thioether (sulfide) groups is 1. The molecule has 1 aromatic carbocycles. The van der Waals surface area contributed by atoms with Crippen LogP contribution in [0.4, 0.5) is 0 Å². The molecule has 0 bridgehead atoms. The first-order chi connectivity index (χ1) is 11.2. The number of methoxy groups -OCH3 is 1. The fourth-order valence-corrected chi connectivity index (χ4v) is 2.76. The average molecular weight is 333 g/mol. The van der Waals surface area contributed by atoms with Crippen LogP contribution in [-0.2, 0) is 11.3 Å². The number of carbonyl (C=O) groups is 1. The summed E-state index contributed by atoms with van der Waals surface area (Å²) in [5.41, 5.74) is 1.02. The first kappa shape index (κ1) is 15.9. The number of nitrogens with zero attached hydrogens (tertiary/aromatic N) is 2. The van der Waals surface area contributed by atoms with E-state index in [-0.39, 0.29) is 11.2 Å². The predicted octanol–water partition coefficient (Wildman–Crippen LogP) is 2.75. The quantitative estimate of drug-likeness (QED) is 0.785. The molecule has 1 unspecified atom stereocenters. The second kappa shape index (κ2) is 7.04. The topological polar surface area (TPSA) is 77.2 Å². The third-order valence-electron chi connectivity index (χ3n) is 3.62. The van der Waals surface area contributed by atoms with Gasteiger partial charge >= 0.3 is 0 Å². The Labute approximate surface area is 139 Å². The van der Waals surface area contributed by atoms with Gasteiger partial charge in [0.05, 0.1) is 12.4 Å². The van der Waals surface area contributed by atoms with Crippen LogP contribution in [0.1, 0.15) is 37.1 Å². The van der Waals surface area contributed by atoms with Crippen LogP contribution in [0.2, 0.25) is 0 Å². The van der Waals surface area contributed by atoms with Crippen LogP contribution >= 0.6 is 11.8 Å². The number of hydrogen-bond acceptors (Lipinski definition) is 6. The Morgan fingerprint density at radius 3 is 2.78 bits per heavy atom. The van der Waals surface area contributed by atoms with Crippen LogP contribution in [0.3, 0.4) is 0 Å². The molecule has 122 valence electrons. The highest BCUT2D eigenvalue weighted by molar-refractivity contribution is 8.00. The number of ether oxygens (including phenoxy) is 1. The maximum Gasteiger partial charge on any atom is 0.277 e. The molecule has 2 aromatic rings. The number of nitrogens with one attached hydrogen (secondary N) is 1. The van der Waals surface area contributed by atoms with Gasteiger partial charge in [0.25, 0.3) is 5.22 Å². The molecular weight excluding hydrogens is 314 g/mol. The van der Waals surface area contributed by atoms with Crippen molar-refractivity contribution in [1.82, 2.24) is 15.5 Å². The molecule has 0 spiro atoms. The number of benzene rings is 1. The number of amides is 1. The van der Waals surface area contributed by atoms with Gasteiger partial charge in [-0.05, 0) is 37.5 Å². The van der Waals surface area contributed by atoms with E-state index in [2.05, 4.69) is 15.5 Å². The summed E-state index contributed by atoms with van der Waals surface area (Å²) in [5, 5.41) is 11.1. The van der Waals surface area contributed by atoms with E-state index in [0.29, 0.717) is 23.6 Å². The van der Waals surface area contributed by atoms with Crippen LogP contribution in [0.5, 0.6) is 5.75 Å². The van der Waals surface area contributed by atoms with Gasteiger partial charge in [0.15, 0.2) is 0 Å². The van der Waals surface area contributed by atoms with E-state index < -0.39 is 0 Å². The van der Waals surface area contributed by atoms with Crippen LogP contribution in [0, 0.1) is 0 Å². The van der Waals surface area contributed by atoms with Gasteiger partial charge < -0.3 is 14.5 Å². The van der Waals surface area contributed by atoms with Crippen molar-refractivity contribution in [2.24, 2.45) is 0 Å². The third-order valence-corrected chi connectivity index (χ3v) is 4.56. The monoisotopic (exact) mass is 333 g/mol. The molecule has 1 saturated carbocycles. The summed E-state index contributed by atoms with van der Waals surface area (Å²) in [6.07, 6.45) is 2.23. The number of aromatic nitrogens is 2. The normalized spacial score (nSPS) is 15.2. The van der Waals surface area contributed by atoms with Crippen molar-refractivity contribution in [2.75, 3.05) is 7.11 Å². The zero-order valence-corrected chi connectivity index (χ0v) is 13.9. The number of carbonyl (C=O) groups excluding carboxylic acids is 1. The van der Waals surface area contributed by atoms with E-state index in [4.69, 9.17) is 9.15 Å². The molecule has 0 aliphatic heterocycles. The van der Waals surface area contributed by atoms with E-state index in [9.17, 15) is 4.79 Å². The second-order valence-electron chi connectivity index (χ2n) is 5.51. The van der Waals surface area contributed by atoms with Crippen LogP contribution < -0.4 is 10.1 Å². The van der Waals surface area contributed by atoms with Gasteiger partial charge in [0.1, 0.15) is 5.75 Å². The molecule has 1 heterocycles. The average Bonchev–Trinajstić information content (AvgIpc) is 3.33. The lowest BCUT2D eigenvalue weighted by molar-refractivity contribution is -0.120. The van der Waals surface area contributed by atoms with E-state index in [1.807, 2.05) is 31.2 Å². The Morgan fingerprint density at radius 2 is 2.13 bits per heavy atom. The Bertz CT molecular complexity index is 667. The predicted molar refractivity (Wildman–Crippen MR) is 86.4 cm³/mol. The summed E-state index contributed by atoms with van der Waals surface area (Å²) in [5.74, 6) is 1.86. The fraction of sp³-hybridized carbons (Fsp3) is 0.438. The minimum atomic E-state index is -0.291. The molecule has 1 aliphatic carbocycles. The summed E-state index contributed by atoms with van der Waals surface area (Å²) < 4.78 is 10.7. The molecule has 3 rings (SSSR count). The van der Waals surface area contributed by atoms with Crippen molar-refractivity contribution >= 4 is 17.7 Å². The van der Waals surface area contributed by atoms with Gasteiger partial charge in [-0.3, -0.25) is 4.79 Å². The molecule has 7 heteroatoms. The molecule has 0 saturated heterocycles. The molecule has 1 amide bonds. The van der Waals surface area contributed by atoms with Gasteiger partial charge in [-0.15, -0.1) is 10.2 Å². The summed E-state index contributed by atoms with van der Waals surface area (Å²) >= 11 is 1.29. The Balaban J connectivity index is 1.48. The summed E-state index contributed by atoms with van der Waals surface area (Å²) in [6.45, 7) is 2.31. The van der Waals surface area contributed by atoms with Crippen LogP contribution in [0.25, 0.3) is 0 Å². The van der Waals surface area contributed by atoms with Crippen molar-refractivity contribution in [3.8, 4) is 5.75 Å². The summed E-state index contributed by atoms with van der Waals surface area (Å²) in [6, 6.07) is 7.60. The molecular formula is C16H19N3O3S. The largest absolute Gasteiger partial charge is 0.497 e. The summed E-state index contributed by atoms with van der Waals surface area (Å²) in [7, 11) is 1.63. The minimum Gasteiger partial charge on any atom is -0.497 e. The van der Waals surface area contributed by atoms with E-state index >= 15 is 0 Å².